The summed E-state index contributed by atoms with van der Waals surface area (Å²) in [5.74, 6) is 1.50. The Kier molecular flexibility index (Phi) is 6.25. The van der Waals surface area contributed by atoms with E-state index < -0.39 is 5.60 Å². The zero-order valence-electron chi connectivity index (χ0n) is 17.1. The molecule has 1 amide bonds. The fourth-order valence-electron chi connectivity index (χ4n) is 4.29. The van der Waals surface area contributed by atoms with Gasteiger partial charge in [-0.05, 0) is 82.9 Å². The monoisotopic (exact) mass is 392 g/mol. The first kappa shape index (κ1) is 20.3. The molecule has 1 aromatic carbocycles. The maximum Gasteiger partial charge on any atom is 0.410 e. The number of piperidine rings is 2. The summed E-state index contributed by atoms with van der Waals surface area (Å²) in [7, 11) is 0. The van der Waals surface area contributed by atoms with Crippen molar-refractivity contribution in [3.8, 4) is 0 Å². The van der Waals surface area contributed by atoms with E-state index in [0.29, 0.717) is 0 Å². The van der Waals surface area contributed by atoms with Gasteiger partial charge in [-0.15, -0.1) is 0 Å². The Bertz CT molecular complexity index is 655. The van der Waals surface area contributed by atoms with E-state index in [2.05, 4.69) is 23.1 Å². The topological polar surface area (TPSA) is 32.8 Å². The normalized spacial score (nSPS) is 20.0. The van der Waals surface area contributed by atoms with Crippen molar-refractivity contribution in [2.45, 2.75) is 59.0 Å². The van der Waals surface area contributed by atoms with Crippen molar-refractivity contribution >= 4 is 23.4 Å². The molecule has 0 bridgehead atoms. The van der Waals surface area contributed by atoms with Gasteiger partial charge >= 0.3 is 6.09 Å². The first-order valence-corrected chi connectivity index (χ1v) is 10.6. The number of halogens is 1. The number of aryl methyl sites for hydroxylation is 1. The van der Waals surface area contributed by atoms with Crippen molar-refractivity contribution in [3.05, 3.63) is 28.8 Å². The minimum absolute atomic E-state index is 0.160. The molecular formula is C22H33ClN2O2. The summed E-state index contributed by atoms with van der Waals surface area (Å²) in [4.78, 5) is 16.6. The Hall–Kier alpha value is -1.42. The number of anilines is 1. The largest absolute Gasteiger partial charge is 0.444 e. The molecule has 2 aliphatic rings. The molecule has 2 aliphatic heterocycles. The highest BCUT2D eigenvalue weighted by atomic mass is 35.5. The predicted octanol–water partition coefficient (Wildman–Crippen LogP) is 5.51. The van der Waals surface area contributed by atoms with Crippen LogP contribution < -0.4 is 4.90 Å². The smallest absolute Gasteiger partial charge is 0.410 e. The fourth-order valence-corrected chi connectivity index (χ4v) is 4.46. The van der Waals surface area contributed by atoms with Gasteiger partial charge in [0.25, 0.3) is 0 Å². The van der Waals surface area contributed by atoms with Crippen LogP contribution in [0.15, 0.2) is 18.2 Å². The van der Waals surface area contributed by atoms with E-state index in [-0.39, 0.29) is 6.09 Å². The number of nitrogens with zero attached hydrogens (tertiary/aromatic N) is 2. The highest BCUT2D eigenvalue weighted by Crippen LogP contribution is 2.35. The standard InChI is InChI=1S/C22H33ClN2O2/c1-16-5-6-19(15-20(16)23)24-11-7-17(8-12-24)18-9-13-25(14-10-18)21(26)27-22(2,3)4/h5-6,15,17-18H,7-14H2,1-4H3. The third-order valence-corrected chi connectivity index (χ3v) is 6.33. The second-order valence-electron chi connectivity index (χ2n) is 9.06. The van der Waals surface area contributed by atoms with Gasteiger partial charge in [0.05, 0.1) is 0 Å². The molecule has 3 rings (SSSR count). The summed E-state index contributed by atoms with van der Waals surface area (Å²) in [6.07, 6.45) is 4.48. The average Bonchev–Trinajstić information content (AvgIpc) is 2.63. The molecule has 27 heavy (non-hydrogen) atoms. The Balaban J connectivity index is 1.47. The van der Waals surface area contributed by atoms with Gasteiger partial charge in [0, 0.05) is 36.9 Å². The van der Waals surface area contributed by atoms with E-state index in [0.717, 1.165) is 61.4 Å². The molecule has 1 aromatic rings. The Morgan fingerprint density at radius 1 is 1.04 bits per heavy atom. The highest BCUT2D eigenvalue weighted by molar-refractivity contribution is 6.31. The van der Waals surface area contributed by atoms with Crippen LogP contribution in [0.1, 0.15) is 52.0 Å². The van der Waals surface area contributed by atoms with Gasteiger partial charge in [-0.1, -0.05) is 17.7 Å². The number of ether oxygens (including phenoxy) is 1. The summed E-state index contributed by atoms with van der Waals surface area (Å²) in [5.41, 5.74) is 1.95. The van der Waals surface area contributed by atoms with Crippen molar-refractivity contribution in [1.82, 2.24) is 4.90 Å². The number of hydrogen-bond acceptors (Lipinski definition) is 3. The van der Waals surface area contributed by atoms with Crippen LogP contribution >= 0.6 is 11.6 Å². The van der Waals surface area contributed by atoms with Crippen molar-refractivity contribution < 1.29 is 9.53 Å². The van der Waals surface area contributed by atoms with Gasteiger partial charge in [-0.25, -0.2) is 4.79 Å². The maximum atomic E-state index is 12.2. The van der Waals surface area contributed by atoms with Gasteiger partial charge in [-0.3, -0.25) is 0 Å². The van der Waals surface area contributed by atoms with Gasteiger partial charge in [0.15, 0.2) is 0 Å². The molecular weight excluding hydrogens is 360 g/mol. The second-order valence-corrected chi connectivity index (χ2v) is 9.47. The van der Waals surface area contributed by atoms with Gasteiger partial charge in [0.1, 0.15) is 5.60 Å². The summed E-state index contributed by atoms with van der Waals surface area (Å²) in [5, 5.41) is 0.851. The Morgan fingerprint density at radius 3 is 2.11 bits per heavy atom. The summed E-state index contributed by atoms with van der Waals surface area (Å²) >= 11 is 6.29. The number of rotatable bonds is 2. The molecule has 2 heterocycles. The number of benzene rings is 1. The predicted molar refractivity (Wildman–Crippen MR) is 112 cm³/mol. The summed E-state index contributed by atoms with van der Waals surface area (Å²) in [6.45, 7) is 11.7. The third kappa shape index (κ3) is 5.31. The maximum absolute atomic E-state index is 12.2. The Morgan fingerprint density at radius 2 is 1.59 bits per heavy atom. The van der Waals surface area contributed by atoms with E-state index >= 15 is 0 Å². The SMILES string of the molecule is Cc1ccc(N2CCC(C3CCN(C(=O)OC(C)(C)C)CC3)CC2)cc1Cl. The lowest BCUT2D eigenvalue weighted by Crippen LogP contribution is -2.44. The van der Waals surface area contributed by atoms with Crippen LogP contribution in [-0.4, -0.2) is 42.8 Å². The minimum atomic E-state index is -0.417. The molecule has 150 valence electrons. The number of carbonyl (C=O) groups excluding carboxylic acids is 1. The lowest BCUT2D eigenvalue weighted by molar-refractivity contribution is 0.0152. The zero-order chi connectivity index (χ0) is 19.6. The highest BCUT2D eigenvalue weighted by Gasteiger charge is 2.32. The van der Waals surface area contributed by atoms with Gasteiger partial charge < -0.3 is 14.5 Å². The van der Waals surface area contributed by atoms with Crippen LogP contribution in [-0.2, 0) is 4.74 Å². The van der Waals surface area contributed by atoms with Crippen molar-refractivity contribution in [2.24, 2.45) is 11.8 Å². The lowest BCUT2D eigenvalue weighted by atomic mass is 9.79. The van der Waals surface area contributed by atoms with Crippen LogP contribution in [0.4, 0.5) is 10.5 Å². The van der Waals surface area contributed by atoms with Crippen molar-refractivity contribution in [3.63, 3.8) is 0 Å². The first-order chi connectivity index (χ1) is 12.7. The second kappa shape index (κ2) is 8.30. The molecule has 0 unspecified atom stereocenters. The third-order valence-electron chi connectivity index (χ3n) is 5.92. The molecule has 2 fully saturated rings. The van der Waals surface area contributed by atoms with E-state index in [1.807, 2.05) is 32.6 Å². The zero-order valence-corrected chi connectivity index (χ0v) is 17.9. The minimum Gasteiger partial charge on any atom is -0.444 e. The molecule has 0 spiro atoms. The van der Waals surface area contributed by atoms with E-state index in [4.69, 9.17) is 16.3 Å². The molecule has 0 aliphatic carbocycles. The van der Waals surface area contributed by atoms with Crippen molar-refractivity contribution in [1.29, 1.82) is 0 Å². The van der Waals surface area contributed by atoms with Crippen molar-refractivity contribution in [2.75, 3.05) is 31.1 Å². The molecule has 0 radical (unpaired) electrons. The molecule has 5 heteroatoms. The molecule has 0 aromatic heterocycles. The van der Waals surface area contributed by atoms with E-state index in [1.54, 1.807) is 0 Å². The summed E-state index contributed by atoms with van der Waals surface area (Å²) in [6, 6.07) is 6.38. The van der Waals surface area contributed by atoms with Crippen LogP contribution in [0.3, 0.4) is 0 Å². The van der Waals surface area contributed by atoms with Gasteiger partial charge in [-0.2, -0.15) is 0 Å². The molecule has 2 saturated heterocycles. The molecule has 0 atom stereocenters. The van der Waals surface area contributed by atoms with Crippen LogP contribution in [0.2, 0.25) is 5.02 Å². The van der Waals surface area contributed by atoms with Crippen LogP contribution in [0, 0.1) is 18.8 Å². The van der Waals surface area contributed by atoms with Gasteiger partial charge in [0.2, 0.25) is 0 Å². The number of likely N-dealkylation sites (tertiary alicyclic amines) is 1. The van der Waals surface area contributed by atoms with Crippen LogP contribution in [0.5, 0.6) is 0 Å². The summed E-state index contributed by atoms with van der Waals surface area (Å²) < 4.78 is 5.51. The Labute approximate surface area is 168 Å². The van der Waals surface area contributed by atoms with E-state index in [1.165, 1.54) is 18.5 Å². The molecule has 4 nitrogen and oxygen atoms in total. The van der Waals surface area contributed by atoms with Crippen LogP contribution in [0.25, 0.3) is 0 Å². The molecule has 0 N–H and O–H groups in total. The number of amides is 1. The van der Waals surface area contributed by atoms with E-state index in [9.17, 15) is 4.79 Å². The fraction of sp³-hybridized carbons (Fsp3) is 0.682. The number of hydrogen-bond donors (Lipinski definition) is 0. The molecule has 0 saturated carbocycles. The first-order valence-electron chi connectivity index (χ1n) is 10.2. The average molecular weight is 393 g/mol. The lowest BCUT2D eigenvalue weighted by Gasteiger charge is -2.41. The number of carbonyl (C=O) groups is 1. The quantitative estimate of drug-likeness (QED) is 0.665.